The molecule has 1 saturated carbocycles. The van der Waals surface area contributed by atoms with Crippen LogP contribution >= 0.6 is 0 Å². The van der Waals surface area contributed by atoms with Crippen LogP contribution in [0.2, 0.25) is 0 Å². The van der Waals surface area contributed by atoms with Crippen LogP contribution in [0.1, 0.15) is 38.5 Å². The van der Waals surface area contributed by atoms with Crippen molar-refractivity contribution in [2.45, 2.75) is 44.6 Å². The van der Waals surface area contributed by atoms with Gasteiger partial charge in [-0.15, -0.1) is 0 Å². The Morgan fingerprint density at radius 1 is 1.24 bits per heavy atom. The molecule has 0 amide bonds. The standard InChI is InChI=1S/C14H28N2O/c1-17-10-3-2-9-16(14-6-7-14)12-13-5-4-8-15-11-13/h13-15H,2-12H2,1H3. The molecule has 0 aromatic carbocycles. The summed E-state index contributed by atoms with van der Waals surface area (Å²) >= 11 is 0. The van der Waals surface area contributed by atoms with Crippen LogP contribution in [0.4, 0.5) is 0 Å². The number of nitrogens with zero attached hydrogens (tertiary/aromatic N) is 1. The molecule has 0 aromatic heterocycles. The van der Waals surface area contributed by atoms with E-state index < -0.39 is 0 Å². The molecule has 17 heavy (non-hydrogen) atoms. The maximum absolute atomic E-state index is 5.12. The first-order valence-electron chi connectivity index (χ1n) is 7.34. The first-order chi connectivity index (χ1) is 8.40. The lowest BCUT2D eigenvalue weighted by Gasteiger charge is -2.30. The van der Waals surface area contributed by atoms with E-state index in [-0.39, 0.29) is 0 Å². The number of nitrogens with one attached hydrogen (secondary N) is 1. The summed E-state index contributed by atoms with van der Waals surface area (Å²) in [6, 6.07) is 0.916. The molecule has 100 valence electrons. The molecule has 0 radical (unpaired) electrons. The van der Waals surface area contributed by atoms with Crippen LogP contribution in [0.5, 0.6) is 0 Å². The normalized spacial score (nSPS) is 25.4. The molecular formula is C14H28N2O. The van der Waals surface area contributed by atoms with Gasteiger partial charge in [0, 0.05) is 26.3 Å². The molecule has 2 aliphatic rings. The molecule has 1 saturated heterocycles. The minimum Gasteiger partial charge on any atom is -0.385 e. The predicted octanol–water partition coefficient (Wildman–Crippen LogP) is 1.88. The minimum absolute atomic E-state index is 0.895. The van der Waals surface area contributed by atoms with E-state index in [9.17, 15) is 0 Å². The van der Waals surface area contributed by atoms with E-state index in [1.54, 1.807) is 7.11 Å². The third-order valence-corrected chi connectivity index (χ3v) is 4.00. The molecule has 3 heteroatoms. The molecule has 2 fully saturated rings. The zero-order valence-corrected chi connectivity index (χ0v) is 11.3. The third-order valence-electron chi connectivity index (χ3n) is 4.00. The van der Waals surface area contributed by atoms with E-state index in [0.29, 0.717) is 0 Å². The van der Waals surface area contributed by atoms with Crippen LogP contribution in [0, 0.1) is 5.92 Å². The molecule has 0 aromatic rings. The molecule has 0 bridgehead atoms. The maximum atomic E-state index is 5.12. The van der Waals surface area contributed by atoms with E-state index in [0.717, 1.165) is 18.6 Å². The van der Waals surface area contributed by atoms with Crippen molar-refractivity contribution >= 4 is 0 Å². The average molecular weight is 240 g/mol. The summed E-state index contributed by atoms with van der Waals surface area (Å²) in [6.45, 7) is 5.99. The van der Waals surface area contributed by atoms with Crippen molar-refractivity contribution in [1.29, 1.82) is 0 Å². The summed E-state index contributed by atoms with van der Waals surface area (Å²) in [4.78, 5) is 2.74. The summed E-state index contributed by atoms with van der Waals surface area (Å²) < 4.78 is 5.12. The molecule has 2 rings (SSSR count). The molecule has 1 aliphatic heterocycles. The van der Waals surface area contributed by atoms with Gasteiger partial charge in [0.1, 0.15) is 0 Å². The van der Waals surface area contributed by atoms with Gasteiger partial charge in [-0.25, -0.2) is 0 Å². The van der Waals surface area contributed by atoms with Crippen molar-refractivity contribution in [2.24, 2.45) is 5.92 Å². The summed E-state index contributed by atoms with van der Waals surface area (Å²) in [6.07, 6.45) is 8.17. The van der Waals surface area contributed by atoms with Gasteiger partial charge in [-0.1, -0.05) is 0 Å². The third kappa shape index (κ3) is 4.94. The Morgan fingerprint density at radius 3 is 2.76 bits per heavy atom. The lowest BCUT2D eigenvalue weighted by atomic mass is 9.99. The zero-order chi connectivity index (χ0) is 11.9. The van der Waals surface area contributed by atoms with Gasteiger partial charge in [-0.3, -0.25) is 0 Å². The fourth-order valence-electron chi connectivity index (χ4n) is 2.84. The minimum atomic E-state index is 0.895. The van der Waals surface area contributed by atoms with E-state index in [2.05, 4.69) is 10.2 Å². The number of hydrogen-bond acceptors (Lipinski definition) is 3. The highest BCUT2D eigenvalue weighted by Gasteiger charge is 2.30. The molecule has 1 atom stereocenters. The van der Waals surface area contributed by atoms with Gasteiger partial charge in [0.15, 0.2) is 0 Å². The van der Waals surface area contributed by atoms with Crippen molar-refractivity contribution < 1.29 is 4.74 Å². The highest BCUT2D eigenvalue weighted by Crippen LogP contribution is 2.28. The van der Waals surface area contributed by atoms with Gasteiger partial charge < -0.3 is 15.0 Å². The summed E-state index contributed by atoms with van der Waals surface area (Å²) in [5.41, 5.74) is 0. The Bertz CT molecular complexity index is 200. The van der Waals surface area contributed by atoms with Crippen molar-refractivity contribution in [1.82, 2.24) is 10.2 Å². The van der Waals surface area contributed by atoms with Gasteiger partial charge in [-0.2, -0.15) is 0 Å². The fourth-order valence-corrected chi connectivity index (χ4v) is 2.84. The smallest absolute Gasteiger partial charge is 0.0462 e. The number of rotatable bonds is 8. The monoisotopic (exact) mass is 240 g/mol. The van der Waals surface area contributed by atoms with Crippen molar-refractivity contribution in [3.8, 4) is 0 Å². The van der Waals surface area contributed by atoms with Gasteiger partial charge >= 0.3 is 0 Å². The van der Waals surface area contributed by atoms with Gasteiger partial charge in [-0.05, 0) is 64.1 Å². The van der Waals surface area contributed by atoms with Gasteiger partial charge in [0.25, 0.3) is 0 Å². The van der Waals surface area contributed by atoms with Crippen LogP contribution in [-0.4, -0.2) is 50.8 Å². The SMILES string of the molecule is COCCCCN(CC1CCCNC1)C1CC1. The second kappa shape index (κ2) is 7.34. The fraction of sp³-hybridized carbons (Fsp3) is 1.00. The van der Waals surface area contributed by atoms with Crippen LogP contribution in [-0.2, 0) is 4.74 Å². The zero-order valence-electron chi connectivity index (χ0n) is 11.3. The number of piperidine rings is 1. The van der Waals surface area contributed by atoms with Crippen LogP contribution in [0.25, 0.3) is 0 Å². The molecule has 1 aliphatic carbocycles. The first-order valence-corrected chi connectivity index (χ1v) is 7.34. The van der Waals surface area contributed by atoms with Crippen molar-refractivity contribution in [3.63, 3.8) is 0 Å². The van der Waals surface area contributed by atoms with E-state index in [4.69, 9.17) is 4.74 Å². The molecule has 1 unspecified atom stereocenters. The molecule has 0 spiro atoms. The largest absolute Gasteiger partial charge is 0.385 e. The second-order valence-electron chi connectivity index (χ2n) is 5.64. The van der Waals surface area contributed by atoms with Crippen molar-refractivity contribution in [2.75, 3.05) is 39.9 Å². The Hall–Kier alpha value is -0.120. The van der Waals surface area contributed by atoms with E-state index in [1.807, 2.05) is 0 Å². The highest BCUT2D eigenvalue weighted by molar-refractivity contribution is 4.86. The van der Waals surface area contributed by atoms with Crippen LogP contribution in [0.3, 0.4) is 0 Å². The number of unbranched alkanes of at least 4 members (excludes halogenated alkanes) is 1. The highest BCUT2D eigenvalue weighted by atomic mass is 16.5. The number of ether oxygens (including phenoxy) is 1. The molecular weight excluding hydrogens is 212 g/mol. The Morgan fingerprint density at radius 2 is 2.12 bits per heavy atom. The summed E-state index contributed by atoms with van der Waals surface area (Å²) in [5, 5.41) is 3.53. The first kappa shape index (κ1) is 13.3. The Balaban J connectivity index is 1.65. The molecule has 3 nitrogen and oxygen atoms in total. The van der Waals surface area contributed by atoms with Crippen molar-refractivity contribution in [3.05, 3.63) is 0 Å². The quantitative estimate of drug-likeness (QED) is 0.656. The maximum Gasteiger partial charge on any atom is 0.0462 e. The number of hydrogen-bond donors (Lipinski definition) is 1. The summed E-state index contributed by atoms with van der Waals surface area (Å²) in [7, 11) is 1.80. The topological polar surface area (TPSA) is 24.5 Å². The van der Waals surface area contributed by atoms with Crippen LogP contribution in [0.15, 0.2) is 0 Å². The second-order valence-corrected chi connectivity index (χ2v) is 5.64. The molecule has 1 N–H and O–H groups in total. The number of methoxy groups -OCH3 is 1. The van der Waals surface area contributed by atoms with E-state index in [1.165, 1.54) is 64.7 Å². The molecule has 1 heterocycles. The van der Waals surface area contributed by atoms with Crippen LogP contribution < -0.4 is 5.32 Å². The van der Waals surface area contributed by atoms with E-state index >= 15 is 0 Å². The lowest BCUT2D eigenvalue weighted by Crippen LogP contribution is -2.39. The van der Waals surface area contributed by atoms with Gasteiger partial charge in [0.05, 0.1) is 0 Å². The average Bonchev–Trinajstić information content (AvgIpc) is 3.19. The predicted molar refractivity (Wildman–Crippen MR) is 71.3 cm³/mol. The Labute approximate surface area is 106 Å². The Kier molecular flexibility index (Phi) is 5.75. The lowest BCUT2D eigenvalue weighted by molar-refractivity contribution is 0.169. The van der Waals surface area contributed by atoms with Gasteiger partial charge in [0.2, 0.25) is 0 Å². The summed E-state index contributed by atoms with van der Waals surface area (Å²) in [5.74, 6) is 0.895.